The van der Waals surface area contributed by atoms with E-state index >= 15 is 0 Å². The molecule has 1 aromatic rings. The van der Waals surface area contributed by atoms with Crippen LogP contribution in [0.25, 0.3) is 6.08 Å². The van der Waals surface area contributed by atoms with Gasteiger partial charge in [0, 0.05) is 10.9 Å². The fourth-order valence-corrected chi connectivity index (χ4v) is 3.45. The van der Waals surface area contributed by atoms with Gasteiger partial charge in [0.1, 0.15) is 0 Å². The summed E-state index contributed by atoms with van der Waals surface area (Å²) < 4.78 is 0. The van der Waals surface area contributed by atoms with Crippen molar-refractivity contribution in [2.45, 2.75) is 26.8 Å². The fourth-order valence-electron chi connectivity index (χ4n) is 1.58. The summed E-state index contributed by atoms with van der Waals surface area (Å²) in [6, 6.07) is 1.92. The first-order valence-corrected chi connectivity index (χ1v) is 7.01. The number of imide groups is 1. The first-order valence-electron chi connectivity index (χ1n) is 5.32. The standard InChI is InChI=1S/C12H13NO2S2/c1-7(2)13-11(14)10(17-12(13)15)6-9-8(3)4-5-16-9/h4-7H,1-3H3/b10-6+. The molecule has 1 fully saturated rings. The van der Waals surface area contributed by atoms with Gasteiger partial charge in [-0.25, -0.2) is 0 Å². The molecule has 0 atom stereocenters. The van der Waals surface area contributed by atoms with E-state index in [1.165, 1.54) is 4.90 Å². The van der Waals surface area contributed by atoms with Crippen molar-refractivity contribution in [3.8, 4) is 0 Å². The summed E-state index contributed by atoms with van der Waals surface area (Å²) >= 11 is 2.60. The van der Waals surface area contributed by atoms with E-state index in [9.17, 15) is 9.59 Å². The van der Waals surface area contributed by atoms with Crippen molar-refractivity contribution in [2.24, 2.45) is 0 Å². The number of carbonyl (C=O) groups excluding carboxylic acids is 2. The molecule has 5 heteroatoms. The fraction of sp³-hybridized carbons (Fsp3) is 0.333. The predicted molar refractivity (Wildman–Crippen MR) is 72.0 cm³/mol. The Kier molecular flexibility index (Phi) is 3.40. The van der Waals surface area contributed by atoms with E-state index in [0.717, 1.165) is 22.2 Å². The second-order valence-corrected chi connectivity index (χ2v) is 6.05. The third-order valence-electron chi connectivity index (χ3n) is 2.50. The molecular formula is C12H13NO2S2. The summed E-state index contributed by atoms with van der Waals surface area (Å²) in [5, 5.41) is 1.80. The highest BCUT2D eigenvalue weighted by Gasteiger charge is 2.36. The van der Waals surface area contributed by atoms with Gasteiger partial charge in [-0.05, 0) is 55.6 Å². The van der Waals surface area contributed by atoms with E-state index in [1.807, 2.05) is 38.3 Å². The monoisotopic (exact) mass is 267 g/mol. The van der Waals surface area contributed by atoms with Gasteiger partial charge >= 0.3 is 0 Å². The van der Waals surface area contributed by atoms with Crippen molar-refractivity contribution in [2.75, 3.05) is 0 Å². The topological polar surface area (TPSA) is 37.4 Å². The SMILES string of the molecule is Cc1ccsc1/C=C1/SC(=O)N(C(C)C)C1=O. The number of carbonyl (C=O) groups is 2. The molecular weight excluding hydrogens is 254 g/mol. The maximum Gasteiger partial charge on any atom is 0.293 e. The number of hydrogen-bond donors (Lipinski definition) is 0. The van der Waals surface area contributed by atoms with Crippen molar-refractivity contribution < 1.29 is 9.59 Å². The Morgan fingerprint density at radius 1 is 1.35 bits per heavy atom. The van der Waals surface area contributed by atoms with Crippen LogP contribution in [0.2, 0.25) is 0 Å². The Balaban J connectivity index is 2.31. The Labute approximate surface area is 109 Å². The van der Waals surface area contributed by atoms with Crippen LogP contribution in [0.1, 0.15) is 24.3 Å². The summed E-state index contributed by atoms with van der Waals surface area (Å²) in [5.41, 5.74) is 1.13. The predicted octanol–water partition coefficient (Wildman–Crippen LogP) is 3.50. The average Bonchev–Trinajstić information content (AvgIpc) is 2.73. The normalized spacial score (nSPS) is 18.8. The minimum absolute atomic E-state index is 0.0853. The van der Waals surface area contributed by atoms with Crippen LogP contribution >= 0.6 is 23.1 Å². The van der Waals surface area contributed by atoms with Crippen molar-refractivity contribution in [3.63, 3.8) is 0 Å². The van der Waals surface area contributed by atoms with E-state index in [4.69, 9.17) is 0 Å². The van der Waals surface area contributed by atoms with Gasteiger partial charge in [0.05, 0.1) is 4.91 Å². The highest BCUT2D eigenvalue weighted by atomic mass is 32.2. The minimum Gasteiger partial charge on any atom is -0.268 e. The summed E-state index contributed by atoms with van der Waals surface area (Å²) in [4.78, 5) is 26.6. The smallest absolute Gasteiger partial charge is 0.268 e. The van der Waals surface area contributed by atoms with Gasteiger partial charge in [0.25, 0.3) is 11.1 Å². The van der Waals surface area contributed by atoms with Crippen molar-refractivity contribution in [1.29, 1.82) is 0 Å². The van der Waals surface area contributed by atoms with Gasteiger partial charge in [0.2, 0.25) is 0 Å². The van der Waals surface area contributed by atoms with Gasteiger partial charge in [-0.3, -0.25) is 14.5 Å². The highest BCUT2D eigenvalue weighted by Crippen LogP contribution is 2.34. The first-order chi connectivity index (χ1) is 8.00. The van der Waals surface area contributed by atoms with Gasteiger partial charge in [-0.2, -0.15) is 0 Å². The number of amides is 2. The van der Waals surface area contributed by atoms with Crippen LogP contribution in [0.4, 0.5) is 4.79 Å². The van der Waals surface area contributed by atoms with Gasteiger partial charge in [0.15, 0.2) is 0 Å². The molecule has 1 aliphatic rings. The zero-order valence-electron chi connectivity index (χ0n) is 9.89. The number of thiophene rings is 1. The minimum atomic E-state index is -0.178. The molecule has 0 radical (unpaired) electrons. The third-order valence-corrected chi connectivity index (χ3v) is 4.35. The molecule has 0 aromatic carbocycles. The van der Waals surface area contributed by atoms with E-state index in [-0.39, 0.29) is 17.2 Å². The molecule has 0 spiro atoms. The van der Waals surface area contributed by atoms with Crippen LogP contribution in [-0.2, 0) is 4.79 Å². The summed E-state index contributed by atoms with van der Waals surface area (Å²) in [6.45, 7) is 5.68. The Morgan fingerprint density at radius 2 is 2.06 bits per heavy atom. The molecule has 3 nitrogen and oxygen atoms in total. The van der Waals surface area contributed by atoms with Crippen molar-refractivity contribution in [1.82, 2.24) is 4.90 Å². The number of nitrogens with zero attached hydrogens (tertiary/aromatic N) is 1. The summed E-state index contributed by atoms with van der Waals surface area (Å²) in [6.07, 6.45) is 1.81. The van der Waals surface area contributed by atoms with Crippen LogP contribution < -0.4 is 0 Å². The Morgan fingerprint density at radius 3 is 2.53 bits per heavy atom. The Bertz CT molecular complexity index is 502. The number of rotatable bonds is 2. The second kappa shape index (κ2) is 4.66. The maximum atomic E-state index is 12.0. The van der Waals surface area contributed by atoms with Crippen molar-refractivity contribution >= 4 is 40.3 Å². The van der Waals surface area contributed by atoms with E-state index < -0.39 is 0 Å². The number of thioether (sulfide) groups is 1. The molecule has 0 N–H and O–H groups in total. The van der Waals surface area contributed by atoms with Crippen LogP contribution in [0.15, 0.2) is 16.4 Å². The third kappa shape index (κ3) is 2.30. The molecule has 2 rings (SSSR count). The first kappa shape index (κ1) is 12.4. The molecule has 90 valence electrons. The largest absolute Gasteiger partial charge is 0.293 e. The molecule has 0 aliphatic carbocycles. The lowest BCUT2D eigenvalue weighted by molar-refractivity contribution is -0.123. The Hall–Kier alpha value is -1.07. The molecule has 2 amide bonds. The molecule has 17 heavy (non-hydrogen) atoms. The van der Waals surface area contributed by atoms with E-state index in [0.29, 0.717) is 4.91 Å². The lowest BCUT2D eigenvalue weighted by atomic mass is 10.2. The lowest BCUT2D eigenvalue weighted by Crippen LogP contribution is -2.34. The van der Waals surface area contributed by atoms with Crippen LogP contribution in [0, 0.1) is 6.92 Å². The quantitative estimate of drug-likeness (QED) is 0.770. The van der Waals surface area contributed by atoms with Crippen LogP contribution in [-0.4, -0.2) is 22.1 Å². The summed E-state index contributed by atoms with van der Waals surface area (Å²) in [7, 11) is 0. The van der Waals surface area contributed by atoms with Crippen molar-refractivity contribution in [3.05, 3.63) is 26.8 Å². The molecule has 0 bridgehead atoms. The maximum absolute atomic E-state index is 12.0. The van der Waals surface area contributed by atoms with E-state index in [1.54, 1.807) is 11.3 Å². The van der Waals surface area contributed by atoms with Gasteiger partial charge in [-0.1, -0.05) is 0 Å². The van der Waals surface area contributed by atoms with Crippen LogP contribution in [0.5, 0.6) is 0 Å². The van der Waals surface area contributed by atoms with Gasteiger partial charge < -0.3 is 0 Å². The highest BCUT2D eigenvalue weighted by molar-refractivity contribution is 8.18. The molecule has 1 aromatic heterocycles. The number of aryl methyl sites for hydroxylation is 1. The summed E-state index contributed by atoms with van der Waals surface area (Å²) in [5.74, 6) is -0.178. The van der Waals surface area contributed by atoms with E-state index in [2.05, 4.69) is 0 Å². The zero-order valence-corrected chi connectivity index (χ0v) is 11.5. The number of hydrogen-bond acceptors (Lipinski definition) is 4. The molecule has 0 unspecified atom stereocenters. The second-order valence-electron chi connectivity index (χ2n) is 4.11. The molecule has 0 saturated carbocycles. The zero-order chi connectivity index (χ0) is 12.6. The molecule has 2 heterocycles. The van der Waals surface area contributed by atoms with Crippen LogP contribution in [0.3, 0.4) is 0 Å². The van der Waals surface area contributed by atoms with Gasteiger partial charge in [-0.15, -0.1) is 11.3 Å². The molecule has 1 aliphatic heterocycles. The average molecular weight is 267 g/mol. The molecule has 1 saturated heterocycles. The lowest BCUT2D eigenvalue weighted by Gasteiger charge is -2.16.